The van der Waals surface area contributed by atoms with E-state index < -0.39 is 4.87 Å². The van der Waals surface area contributed by atoms with Crippen LogP contribution in [0.3, 0.4) is 0 Å². The molecule has 0 saturated heterocycles. The van der Waals surface area contributed by atoms with Gasteiger partial charge in [-0.2, -0.15) is 0 Å². The molecule has 2 rings (SSSR count). The van der Waals surface area contributed by atoms with Crippen LogP contribution >= 0.6 is 11.6 Å². The van der Waals surface area contributed by atoms with Crippen LogP contribution < -0.4 is 0 Å². The van der Waals surface area contributed by atoms with Gasteiger partial charge in [-0.1, -0.05) is 36.4 Å². The number of rotatable bonds is 3. The third-order valence-electron chi connectivity index (χ3n) is 3.65. The standard InChI is InChI=1S/C16H17ClO/c1-11-9-12(2)16(3,17)14(11)10-15(18)13-7-5-4-6-8-13/h4-9H,10H2,1-3H3. The fraction of sp³-hybridized carbons (Fsp3) is 0.312. The van der Waals surface area contributed by atoms with Crippen molar-refractivity contribution in [2.45, 2.75) is 32.1 Å². The second kappa shape index (κ2) is 4.74. The lowest BCUT2D eigenvalue weighted by molar-refractivity contribution is 0.0991. The van der Waals surface area contributed by atoms with Gasteiger partial charge in [0.2, 0.25) is 0 Å². The van der Waals surface area contributed by atoms with E-state index in [4.69, 9.17) is 11.6 Å². The molecular formula is C16H17ClO. The summed E-state index contributed by atoms with van der Waals surface area (Å²) in [4.78, 5) is 11.7. The Labute approximate surface area is 113 Å². The zero-order valence-corrected chi connectivity index (χ0v) is 11.7. The van der Waals surface area contributed by atoms with Crippen molar-refractivity contribution >= 4 is 17.4 Å². The molecule has 0 saturated carbocycles. The number of benzene rings is 1. The third kappa shape index (κ3) is 2.28. The van der Waals surface area contributed by atoms with Crippen LogP contribution in [0.25, 0.3) is 0 Å². The second-order valence-corrected chi connectivity index (χ2v) is 5.71. The van der Waals surface area contributed by atoms with E-state index in [2.05, 4.69) is 6.08 Å². The summed E-state index contributed by atoms with van der Waals surface area (Å²) in [5.74, 6) is 0.125. The predicted molar refractivity (Wildman–Crippen MR) is 76.1 cm³/mol. The van der Waals surface area contributed by atoms with E-state index in [1.165, 1.54) is 0 Å². The topological polar surface area (TPSA) is 17.1 Å². The minimum Gasteiger partial charge on any atom is -0.294 e. The fourth-order valence-corrected chi connectivity index (χ4v) is 2.62. The molecule has 2 heteroatoms. The van der Waals surface area contributed by atoms with Crippen LogP contribution in [0, 0.1) is 0 Å². The third-order valence-corrected chi connectivity index (χ3v) is 4.18. The van der Waals surface area contributed by atoms with Crippen molar-refractivity contribution in [3.05, 3.63) is 58.7 Å². The molecule has 0 aliphatic heterocycles. The normalized spacial score (nSPS) is 23.2. The number of ketones is 1. The molecule has 0 radical (unpaired) electrons. The lowest BCUT2D eigenvalue weighted by Crippen LogP contribution is -2.21. The van der Waals surface area contributed by atoms with E-state index in [0.29, 0.717) is 6.42 Å². The molecule has 1 aromatic rings. The van der Waals surface area contributed by atoms with Crippen LogP contribution in [0.2, 0.25) is 0 Å². The summed E-state index contributed by atoms with van der Waals surface area (Å²) in [6.07, 6.45) is 2.46. The van der Waals surface area contributed by atoms with Crippen LogP contribution in [0.4, 0.5) is 0 Å². The van der Waals surface area contributed by atoms with Crippen molar-refractivity contribution < 1.29 is 4.79 Å². The average molecular weight is 261 g/mol. The molecule has 0 aromatic heterocycles. The van der Waals surface area contributed by atoms with Gasteiger partial charge in [0.15, 0.2) is 5.78 Å². The maximum atomic E-state index is 12.2. The average Bonchev–Trinajstić information content (AvgIpc) is 2.53. The van der Waals surface area contributed by atoms with Crippen LogP contribution in [-0.2, 0) is 0 Å². The van der Waals surface area contributed by atoms with E-state index >= 15 is 0 Å². The Morgan fingerprint density at radius 1 is 1.22 bits per heavy atom. The number of hydrogen-bond donors (Lipinski definition) is 0. The van der Waals surface area contributed by atoms with Crippen molar-refractivity contribution in [3.8, 4) is 0 Å². The van der Waals surface area contributed by atoms with Gasteiger partial charge >= 0.3 is 0 Å². The van der Waals surface area contributed by atoms with Gasteiger partial charge in [-0.15, -0.1) is 11.6 Å². The number of Topliss-reactive ketones (excluding diaryl/α,β-unsaturated/α-hetero) is 1. The van der Waals surface area contributed by atoms with Gasteiger partial charge in [0.25, 0.3) is 0 Å². The summed E-state index contributed by atoms with van der Waals surface area (Å²) in [5, 5.41) is 0. The lowest BCUT2D eigenvalue weighted by atomic mass is 9.91. The first-order valence-corrected chi connectivity index (χ1v) is 6.47. The molecule has 1 aromatic carbocycles. The number of alkyl halides is 1. The largest absolute Gasteiger partial charge is 0.294 e. The highest BCUT2D eigenvalue weighted by Gasteiger charge is 2.34. The maximum absolute atomic E-state index is 12.2. The van der Waals surface area contributed by atoms with Crippen molar-refractivity contribution in [1.29, 1.82) is 0 Å². The Balaban J connectivity index is 2.22. The predicted octanol–water partition coefficient (Wildman–Crippen LogP) is 4.53. The Bertz CT molecular complexity index is 535. The van der Waals surface area contributed by atoms with Gasteiger partial charge in [0, 0.05) is 12.0 Å². The van der Waals surface area contributed by atoms with Crippen LogP contribution in [0.15, 0.2) is 53.1 Å². The molecule has 0 amide bonds. The number of carbonyl (C=O) groups excluding carboxylic acids is 1. The van der Waals surface area contributed by atoms with Crippen LogP contribution in [-0.4, -0.2) is 10.7 Å². The molecule has 0 fully saturated rings. The van der Waals surface area contributed by atoms with Gasteiger partial charge in [-0.25, -0.2) is 0 Å². The van der Waals surface area contributed by atoms with Gasteiger partial charge in [-0.3, -0.25) is 4.79 Å². The van der Waals surface area contributed by atoms with Crippen molar-refractivity contribution in [2.75, 3.05) is 0 Å². The fourth-order valence-electron chi connectivity index (χ4n) is 2.35. The highest BCUT2D eigenvalue weighted by atomic mass is 35.5. The number of allylic oxidation sites excluding steroid dienone is 4. The highest BCUT2D eigenvalue weighted by molar-refractivity contribution is 6.28. The molecule has 1 aliphatic rings. The molecule has 1 unspecified atom stereocenters. The Kier molecular flexibility index (Phi) is 3.45. The van der Waals surface area contributed by atoms with E-state index in [1.54, 1.807) is 0 Å². The Morgan fingerprint density at radius 3 is 2.33 bits per heavy atom. The first-order chi connectivity index (χ1) is 8.43. The second-order valence-electron chi connectivity index (χ2n) is 4.96. The lowest BCUT2D eigenvalue weighted by Gasteiger charge is -2.22. The van der Waals surface area contributed by atoms with Crippen molar-refractivity contribution in [3.63, 3.8) is 0 Å². The first-order valence-electron chi connectivity index (χ1n) is 6.09. The number of hydrogen-bond acceptors (Lipinski definition) is 1. The summed E-state index contributed by atoms with van der Waals surface area (Å²) in [5.41, 5.74) is 4.00. The molecule has 0 spiro atoms. The molecule has 18 heavy (non-hydrogen) atoms. The zero-order chi connectivity index (χ0) is 13.3. The molecular weight excluding hydrogens is 244 g/mol. The highest BCUT2D eigenvalue weighted by Crippen LogP contribution is 2.42. The summed E-state index contributed by atoms with van der Waals surface area (Å²) >= 11 is 6.53. The van der Waals surface area contributed by atoms with E-state index in [-0.39, 0.29) is 5.78 Å². The van der Waals surface area contributed by atoms with Crippen molar-refractivity contribution in [1.82, 2.24) is 0 Å². The monoisotopic (exact) mass is 260 g/mol. The summed E-state index contributed by atoms with van der Waals surface area (Å²) in [6.45, 7) is 5.99. The summed E-state index contributed by atoms with van der Waals surface area (Å²) < 4.78 is 0. The summed E-state index contributed by atoms with van der Waals surface area (Å²) in [6, 6.07) is 9.37. The molecule has 0 N–H and O–H groups in total. The van der Waals surface area contributed by atoms with Gasteiger partial charge in [-0.05, 0) is 37.5 Å². The zero-order valence-electron chi connectivity index (χ0n) is 11.0. The van der Waals surface area contributed by atoms with Gasteiger partial charge < -0.3 is 0 Å². The molecule has 94 valence electrons. The Hall–Kier alpha value is -1.34. The van der Waals surface area contributed by atoms with Crippen LogP contribution in [0.1, 0.15) is 37.6 Å². The molecule has 0 heterocycles. The van der Waals surface area contributed by atoms with Crippen LogP contribution in [0.5, 0.6) is 0 Å². The molecule has 1 atom stereocenters. The first kappa shape index (κ1) is 13.1. The molecule has 0 bridgehead atoms. The SMILES string of the molecule is CC1=CC(C)=C(CC(=O)c2ccccc2)C1(C)Cl. The maximum Gasteiger partial charge on any atom is 0.166 e. The number of halogens is 1. The van der Waals surface area contributed by atoms with E-state index in [9.17, 15) is 4.79 Å². The summed E-state index contributed by atoms with van der Waals surface area (Å²) in [7, 11) is 0. The number of carbonyl (C=O) groups is 1. The minimum atomic E-state index is -0.505. The van der Waals surface area contributed by atoms with Gasteiger partial charge in [0.05, 0.1) is 4.87 Å². The molecule has 1 nitrogen and oxygen atoms in total. The van der Waals surface area contributed by atoms with Crippen molar-refractivity contribution in [2.24, 2.45) is 0 Å². The molecule has 1 aliphatic carbocycles. The quantitative estimate of drug-likeness (QED) is 0.576. The van der Waals surface area contributed by atoms with E-state index in [1.807, 2.05) is 51.1 Å². The minimum absolute atomic E-state index is 0.125. The Morgan fingerprint density at radius 2 is 1.83 bits per heavy atom. The van der Waals surface area contributed by atoms with Gasteiger partial charge in [0.1, 0.15) is 0 Å². The smallest absolute Gasteiger partial charge is 0.166 e. The van der Waals surface area contributed by atoms with E-state index in [0.717, 1.165) is 22.3 Å².